The van der Waals surface area contributed by atoms with Gasteiger partial charge in [-0.3, -0.25) is 4.79 Å². The van der Waals surface area contributed by atoms with Gasteiger partial charge >= 0.3 is 0 Å². The zero-order valence-electron chi connectivity index (χ0n) is 9.00. The van der Waals surface area contributed by atoms with Gasteiger partial charge in [0.05, 0.1) is 22.3 Å². The molecule has 90 valence electrons. The van der Waals surface area contributed by atoms with Crippen LogP contribution in [0, 0.1) is 11.3 Å². The molecule has 1 heterocycles. The third-order valence-electron chi connectivity index (χ3n) is 2.24. The number of benzene rings is 1. The number of rotatable bonds is 2. The third-order valence-corrected chi connectivity index (χ3v) is 3.02. The van der Waals surface area contributed by atoms with Crippen LogP contribution in [0.5, 0.6) is 0 Å². The lowest BCUT2D eigenvalue weighted by Crippen LogP contribution is -2.12. The predicted molar refractivity (Wildman–Crippen MR) is 72.6 cm³/mol. The molecule has 0 aliphatic heterocycles. The first kappa shape index (κ1) is 12.7. The summed E-state index contributed by atoms with van der Waals surface area (Å²) in [4.78, 5) is 14.7. The standard InChI is InChI=1S/C12H7BrClN3O/c13-8-4-11(16-6-8)12(18)17-10-3-7(5-15)1-2-9(10)14/h1-4,6,16H,(H,17,18). The third kappa shape index (κ3) is 2.73. The molecule has 0 fully saturated rings. The first-order valence-electron chi connectivity index (χ1n) is 4.95. The minimum Gasteiger partial charge on any atom is -0.356 e. The first-order valence-corrected chi connectivity index (χ1v) is 6.12. The Bertz CT molecular complexity index is 645. The highest BCUT2D eigenvalue weighted by molar-refractivity contribution is 9.10. The van der Waals surface area contributed by atoms with Crippen molar-refractivity contribution >= 4 is 39.1 Å². The van der Waals surface area contributed by atoms with Crippen molar-refractivity contribution in [2.24, 2.45) is 0 Å². The van der Waals surface area contributed by atoms with Gasteiger partial charge in [-0.1, -0.05) is 11.6 Å². The minimum absolute atomic E-state index is 0.322. The molecule has 4 nitrogen and oxygen atoms in total. The maximum absolute atomic E-state index is 11.9. The van der Waals surface area contributed by atoms with E-state index in [2.05, 4.69) is 26.2 Å². The number of carbonyl (C=O) groups is 1. The molecule has 2 aromatic rings. The van der Waals surface area contributed by atoms with Gasteiger partial charge in [0.15, 0.2) is 0 Å². The second-order valence-electron chi connectivity index (χ2n) is 3.49. The minimum atomic E-state index is -0.322. The number of H-pyrrole nitrogens is 1. The van der Waals surface area contributed by atoms with Gasteiger partial charge in [-0.2, -0.15) is 5.26 Å². The molecule has 18 heavy (non-hydrogen) atoms. The quantitative estimate of drug-likeness (QED) is 0.887. The van der Waals surface area contributed by atoms with Crippen LogP contribution in [0.25, 0.3) is 0 Å². The van der Waals surface area contributed by atoms with Crippen molar-refractivity contribution in [2.75, 3.05) is 5.32 Å². The molecule has 0 radical (unpaired) electrons. The second kappa shape index (κ2) is 5.25. The highest BCUT2D eigenvalue weighted by Crippen LogP contribution is 2.23. The monoisotopic (exact) mass is 323 g/mol. The molecule has 0 unspecified atom stereocenters. The Morgan fingerprint density at radius 2 is 2.22 bits per heavy atom. The predicted octanol–water partition coefficient (Wildman–Crippen LogP) is 3.55. The Balaban J connectivity index is 2.24. The molecule has 0 atom stereocenters. The van der Waals surface area contributed by atoms with Crippen LogP contribution in [-0.4, -0.2) is 10.9 Å². The lowest BCUT2D eigenvalue weighted by Gasteiger charge is -2.06. The normalized spacial score (nSPS) is 9.83. The van der Waals surface area contributed by atoms with Gasteiger partial charge in [0.1, 0.15) is 5.69 Å². The fraction of sp³-hybridized carbons (Fsp3) is 0. The van der Waals surface area contributed by atoms with Gasteiger partial charge in [-0.05, 0) is 40.2 Å². The molecule has 2 rings (SSSR count). The summed E-state index contributed by atoms with van der Waals surface area (Å²) < 4.78 is 0.782. The highest BCUT2D eigenvalue weighted by atomic mass is 79.9. The zero-order chi connectivity index (χ0) is 13.1. The fourth-order valence-electron chi connectivity index (χ4n) is 1.38. The molecule has 0 spiro atoms. The second-order valence-corrected chi connectivity index (χ2v) is 4.82. The number of amides is 1. The number of hydrogen-bond acceptors (Lipinski definition) is 2. The van der Waals surface area contributed by atoms with Crippen molar-refractivity contribution in [3.8, 4) is 6.07 Å². The maximum Gasteiger partial charge on any atom is 0.272 e. The van der Waals surface area contributed by atoms with Crippen LogP contribution in [0.4, 0.5) is 5.69 Å². The summed E-state index contributed by atoms with van der Waals surface area (Å²) in [7, 11) is 0. The number of hydrogen-bond donors (Lipinski definition) is 2. The van der Waals surface area contributed by atoms with Crippen molar-refractivity contribution in [3.63, 3.8) is 0 Å². The summed E-state index contributed by atoms with van der Waals surface area (Å²) >= 11 is 9.19. The lowest BCUT2D eigenvalue weighted by atomic mass is 10.2. The van der Waals surface area contributed by atoms with Gasteiger partial charge in [0.25, 0.3) is 5.91 Å². The fourth-order valence-corrected chi connectivity index (χ4v) is 1.89. The molecule has 0 saturated heterocycles. The molecule has 0 bridgehead atoms. The summed E-state index contributed by atoms with van der Waals surface area (Å²) in [6, 6.07) is 8.32. The zero-order valence-corrected chi connectivity index (χ0v) is 11.3. The van der Waals surface area contributed by atoms with Crippen LogP contribution in [0.2, 0.25) is 5.02 Å². The summed E-state index contributed by atoms with van der Waals surface area (Å²) in [5.41, 5.74) is 1.24. The topological polar surface area (TPSA) is 68.7 Å². The van der Waals surface area contributed by atoms with Gasteiger partial charge in [-0.25, -0.2) is 0 Å². The lowest BCUT2D eigenvalue weighted by molar-refractivity contribution is 0.102. The van der Waals surface area contributed by atoms with Crippen LogP contribution < -0.4 is 5.32 Å². The number of aromatic nitrogens is 1. The SMILES string of the molecule is N#Cc1ccc(Cl)c(NC(=O)c2cc(Br)c[nH]2)c1. The maximum atomic E-state index is 11.9. The Morgan fingerprint density at radius 1 is 1.44 bits per heavy atom. The largest absolute Gasteiger partial charge is 0.356 e. The van der Waals surface area contributed by atoms with E-state index in [0.717, 1.165) is 4.47 Å². The average molecular weight is 325 g/mol. The van der Waals surface area contributed by atoms with E-state index < -0.39 is 0 Å². The average Bonchev–Trinajstić information content (AvgIpc) is 2.79. The Kier molecular flexibility index (Phi) is 3.70. The van der Waals surface area contributed by atoms with E-state index in [9.17, 15) is 4.79 Å². The number of anilines is 1. The Labute approximate surface area is 117 Å². The van der Waals surface area contributed by atoms with Crippen molar-refractivity contribution in [1.29, 1.82) is 5.26 Å². The van der Waals surface area contributed by atoms with E-state index in [1.165, 1.54) is 6.07 Å². The molecular weight excluding hydrogens is 318 g/mol. The van der Waals surface area contributed by atoms with E-state index in [1.807, 2.05) is 6.07 Å². The van der Waals surface area contributed by atoms with Crippen LogP contribution in [0.3, 0.4) is 0 Å². The van der Waals surface area contributed by atoms with Crippen LogP contribution in [0.1, 0.15) is 16.1 Å². The molecule has 6 heteroatoms. The smallest absolute Gasteiger partial charge is 0.272 e. The Hall–Kier alpha value is -1.77. The first-order chi connectivity index (χ1) is 8.60. The summed E-state index contributed by atoms with van der Waals surface area (Å²) in [5, 5.41) is 11.8. The van der Waals surface area contributed by atoms with Gasteiger partial charge in [0.2, 0.25) is 0 Å². The number of nitrogens with zero attached hydrogens (tertiary/aromatic N) is 1. The van der Waals surface area contributed by atoms with Crippen molar-refractivity contribution in [2.45, 2.75) is 0 Å². The van der Waals surface area contributed by atoms with Crippen LogP contribution in [0.15, 0.2) is 34.9 Å². The summed E-state index contributed by atoms with van der Waals surface area (Å²) in [5.74, 6) is -0.322. The van der Waals surface area contributed by atoms with E-state index in [1.54, 1.807) is 24.4 Å². The van der Waals surface area contributed by atoms with E-state index >= 15 is 0 Å². The van der Waals surface area contributed by atoms with Gasteiger partial charge in [-0.15, -0.1) is 0 Å². The number of halogens is 2. The van der Waals surface area contributed by atoms with Gasteiger partial charge < -0.3 is 10.3 Å². The molecule has 1 aromatic heterocycles. The van der Waals surface area contributed by atoms with Crippen molar-refractivity contribution < 1.29 is 4.79 Å². The molecule has 0 aliphatic carbocycles. The molecular formula is C12H7BrClN3O. The van der Waals surface area contributed by atoms with E-state index in [4.69, 9.17) is 16.9 Å². The highest BCUT2D eigenvalue weighted by Gasteiger charge is 2.10. The van der Waals surface area contributed by atoms with Crippen molar-refractivity contribution in [3.05, 3.63) is 51.2 Å². The molecule has 0 saturated carbocycles. The number of carbonyl (C=O) groups excluding carboxylic acids is 1. The molecule has 2 N–H and O–H groups in total. The number of nitriles is 1. The number of nitrogens with one attached hydrogen (secondary N) is 2. The molecule has 1 aromatic carbocycles. The van der Waals surface area contributed by atoms with E-state index in [0.29, 0.717) is 22.0 Å². The molecule has 1 amide bonds. The summed E-state index contributed by atoms with van der Waals surface area (Å²) in [6.07, 6.45) is 1.65. The van der Waals surface area contributed by atoms with Crippen molar-refractivity contribution in [1.82, 2.24) is 4.98 Å². The Morgan fingerprint density at radius 3 is 2.83 bits per heavy atom. The summed E-state index contributed by atoms with van der Waals surface area (Å²) in [6.45, 7) is 0. The number of aromatic amines is 1. The molecule has 0 aliphatic rings. The van der Waals surface area contributed by atoms with Crippen LogP contribution in [-0.2, 0) is 0 Å². The van der Waals surface area contributed by atoms with Crippen LogP contribution >= 0.6 is 27.5 Å². The van der Waals surface area contributed by atoms with Gasteiger partial charge in [0, 0.05) is 10.7 Å². The van der Waals surface area contributed by atoms with E-state index in [-0.39, 0.29) is 5.91 Å².